The van der Waals surface area contributed by atoms with Gasteiger partial charge in [0, 0.05) is 37.8 Å². The number of rotatable bonds is 4. The number of hydrogen-bond donors (Lipinski definition) is 0. The molecule has 1 unspecified atom stereocenters. The first kappa shape index (κ1) is 18.2. The van der Waals surface area contributed by atoms with Crippen molar-refractivity contribution in [2.45, 2.75) is 12.8 Å². The monoisotopic (exact) mass is 384 g/mol. The van der Waals surface area contributed by atoms with Crippen LogP contribution in [0.1, 0.15) is 32.9 Å². The largest absolute Gasteiger partial charge is 0.378 e. The smallest absolute Gasteiger partial charge is 0.255 e. The lowest BCUT2D eigenvalue weighted by Crippen LogP contribution is -2.43. The number of carbonyl (C=O) groups is 2. The number of morpholine rings is 1. The third-order valence-electron chi connectivity index (χ3n) is 5.33. The number of thiophene rings is 1. The van der Waals surface area contributed by atoms with Gasteiger partial charge in [-0.2, -0.15) is 0 Å². The minimum Gasteiger partial charge on any atom is -0.378 e. The molecule has 0 N–H and O–H groups in total. The van der Waals surface area contributed by atoms with Crippen LogP contribution in [0.5, 0.6) is 0 Å². The van der Waals surface area contributed by atoms with Gasteiger partial charge in [0.15, 0.2) is 5.78 Å². The van der Waals surface area contributed by atoms with E-state index in [2.05, 4.69) is 4.90 Å². The first-order chi connectivity index (χ1) is 13.2. The highest BCUT2D eigenvalue weighted by Gasteiger charge is 2.31. The summed E-state index contributed by atoms with van der Waals surface area (Å²) in [5.41, 5.74) is 1.70. The number of ether oxygens (including phenoxy) is 1. The number of likely N-dealkylation sites (tertiary alicyclic amines) is 1. The molecule has 0 saturated carbocycles. The second-order valence-electron chi connectivity index (χ2n) is 7.05. The van der Waals surface area contributed by atoms with Gasteiger partial charge in [0.05, 0.1) is 23.7 Å². The Morgan fingerprint density at radius 2 is 1.85 bits per heavy atom. The van der Waals surface area contributed by atoms with Crippen LogP contribution < -0.4 is 4.90 Å². The van der Waals surface area contributed by atoms with Crippen LogP contribution in [0.25, 0.3) is 0 Å². The van der Waals surface area contributed by atoms with E-state index in [1.165, 1.54) is 11.3 Å². The van der Waals surface area contributed by atoms with Crippen molar-refractivity contribution in [1.29, 1.82) is 0 Å². The highest BCUT2D eigenvalue weighted by Crippen LogP contribution is 2.27. The summed E-state index contributed by atoms with van der Waals surface area (Å²) in [5, 5.41) is 1.93. The number of hydrogen-bond acceptors (Lipinski definition) is 5. The van der Waals surface area contributed by atoms with E-state index in [1.807, 2.05) is 46.7 Å². The lowest BCUT2D eigenvalue weighted by molar-refractivity contribution is 0.0638. The van der Waals surface area contributed by atoms with Gasteiger partial charge in [-0.05, 0) is 36.4 Å². The molecule has 1 atom stereocenters. The summed E-state index contributed by atoms with van der Waals surface area (Å²) in [5.74, 6) is 0.0987. The van der Waals surface area contributed by atoms with E-state index in [0.717, 1.165) is 42.1 Å². The average molecular weight is 385 g/mol. The molecule has 4 rings (SSSR count). The minimum absolute atomic E-state index is 0.0285. The summed E-state index contributed by atoms with van der Waals surface area (Å²) in [4.78, 5) is 30.9. The van der Waals surface area contributed by atoms with Crippen molar-refractivity contribution in [1.82, 2.24) is 4.90 Å². The molecule has 1 aromatic heterocycles. The van der Waals surface area contributed by atoms with E-state index in [1.54, 1.807) is 0 Å². The third-order valence-corrected chi connectivity index (χ3v) is 6.21. The predicted molar refractivity (Wildman–Crippen MR) is 107 cm³/mol. The van der Waals surface area contributed by atoms with E-state index in [4.69, 9.17) is 4.74 Å². The Labute approximate surface area is 163 Å². The summed E-state index contributed by atoms with van der Waals surface area (Å²) in [6.07, 6.45) is 1.72. The molecule has 2 aliphatic rings. The van der Waals surface area contributed by atoms with Crippen LogP contribution in [0.15, 0.2) is 41.8 Å². The Bertz CT molecular complexity index is 800. The molecule has 0 spiro atoms. The van der Waals surface area contributed by atoms with E-state index in [-0.39, 0.29) is 17.6 Å². The van der Waals surface area contributed by atoms with Gasteiger partial charge in [0.25, 0.3) is 5.91 Å². The van der Waals surface area contributed by atoms with Crippen LogP contribution in [0.4, 0.5) is 5.69 Å². The van der Waals surface area contributed by atoms with Crippen LogP contribution in [0, 0.1) is 5.92 Å². The molecular weight excluding hydrogens is 360 g/mol. The third kappa shape index (κ3) is 3.92. The SMILES string of the molecule is O=C(c1cccs1)C1CCCN(C(=O)c2ccccc2N2CCOCC2)C1. The van der Waals surface area contributed by atoms with Gasteiger partial charge < -0.3 is 14.5 Å². The van der Waals surface area contributed by atoms with Crippen LogP contribution in [0.2, 0.25) is 0 Å². The maximum absolute atomic E-state index is 13.3. The zero-order chi connectivity index (χ0) is 18.6. The summed E-state index contributed by atoms with van der Waals surface area (Å²) in [6.45, 7) is 4.18. The van der Waals surface area contributed by atoms with Crippen LogP contribution in [0.3, 0.4) is 0 Å². The van der Waals surface area contributed by atoms with Gasteiger partial charge in [-0.25, -0.2) is 0 Å². The first-order valence-electron chi connectivity index (χ1n) is 9.53. The van der Waals surface area contributed by atoms with Crippen LogP contribution in [-0.2, 0) is 4.74 Å². The number of benzene rings is 1. The van der Waals surface area contributed by atoms with E-state index in [9.17, 15) is 9.59 Å². The van der Waals surface area contributed by atoms with Gasteiger partial charge in [-0.15, -0.1) is 11.3 Å². The molecule has 2 aliphatic heterocycles. The number of carbonyl (C=O) groups excluding carboxylic acids is 2. The zero-order valence-electron chi connectivity index (χ0n) is 15.3. The lowest BCUT2D eigenvalue weighted by Gasteiger charge is -2.34. The van der Waals surface area contributed by atoms with Crippen LogP contribution in [-0.4, -0.2) is 56.0 Å². The molecule has 1 amide bonds. The van der Waals surface area contributed by atoms with Gasteiger partial charge in [0.2, 0.25) is 0 Å². The summed E-state index contributed by atoms with van der Waals surface area (Å²) in [7, 11) is 0. The fourth-order valence-corrected chi connectivity index (χ4v) is 4.64. The summed E-state index contributed by atoms with van der Waals surface area (Å²) in [6, 6.07) is 11.6. The second-order valence-corrected chi connectivity index (χ2v) is 8.00. The number of Topliss-reactive ketones (excluding diaryl/α,β-unsaturated/α-hetero) is 1. The van der Waals surface area contributed by atoms with E-state index >= 15 is 0 Å². The highest BCUT2D eigenvalue weighted by atomic mass is 32.1. The topological polar surface area (TPSA) is 49.9 Å². The highest BCUT2D eigenvalue weighted by molar-refractivity contribution is 7.12. The number of anilines is 1. The Balaban J connectivity index is 1.52. The van der Waals surface area contributed by atoms with Crippen molar-refractivity contribution in [3.05, 3.63) is 52.2 Å². The van der Waals surface area contributed by atoms with Gasteiger partial charge in [-0.3, -0.25) is 9.59 Å². The fraction of sp³-hybridized carbons (Fsp3) is 0.429. The Morgan fingerprint density at radius 3 is 2.63 bits per heavy atom. The van der Waals surface area contributed by atoms with Crippen molar-refractivity contribution >= 4 is 28.7 Å². The van der Waals surface area contributed by atoms with Crippen molar-refractivity contribution in [3.8, 4) is 0 Å². The fourth-order valence-electron chi connectivity index (χ4n) is 3.90. The number of nitrogens with zero attached hydrogens (tertiary/aromatic N) is 2. The number of ketones is 1. The Morgan fingerprint density at radius 1 is 1.04 bits per heavy atom. The van der Waals surface area contributed by atoms with Crippen molar-refractivity contribution in [3.63, 3.8) is 0 Å². The van der Waals surface area contributed by atoms with Crippen molar-refractivity contribution in [2.24, 2.45) is 5.92 Å². The molecule has 1 aromatic carbocycles. The van der Waals surface area contributed by atoms with Gasteiger partial charge in [-0.1, -0.05) is 18.2 Å². The molecule has 0 radical (unpaired) electrons. The maximum Gasteiger partial charge on any atom is 0.255 e. The predicted octanol–water partition coefficient (Wildman–Crippen LogP) is 3.32. The van der Waals surface area contributed by atoms with E-state index < -0.39 is 0 Å². The molecule has 0 bridgehead atoms. The normalized spacial score (nSPS) is 20.5. The minimum atomic E-state index is -0.100. The molecule has 6 heteroatoms. The zero-order valence-corrected chi connectivity index (χ0v) is 16.1. The second kappa shape index (κ2) is 8.23. The summed E-state index contributed by atoms with van der Waals surface area (Å²) >= 11 is 1.48. The lowest BCUT2D eigenvalue weighted by atomic mass is 9.92. The molecule has 2 aromatic rings. The Kier molecular flexibility index (Phi) is 5.55. The summed E-state index contributed by atoms with van der Waals surface area (Å²) < 4.78 is 5.44. The number of para-hydroxylation sites is 1. The molecule has 5 nitrogen and oxygen atoms in total. The molecule has 3 heterocycles. The molecule has 0 aliphatic carbocycles. The standard InChI is InChI=1S/C21H24N2O3S/c24-20(19-8-4-14-27-19)16-5-3-9-23(15-16)21(25)17-6-1-2-7-18(17)22-10-12-26-13-11-22/h1-2,4,6-8,14,16H,3,5,9-13,15H2. The van der Waals surface area contributed by atoms with Crippen molar-refractivity contribution < 1.29 is 14.3 Å². The molecular formula is C21H24N2O3S. The quantitative estimate of drug-likeness (QED) is 0.759. The number of piperidine rings is 1. The molecule has 27 heavy (non-hydrogen) atoms. The first-order valence-corrected chi connectivity index (χ1v) is 10.4. The average Bonchev–Trinajstić information content (AvgIpc) is 3.28. The Hall–Kier alpha value is -2.18. The van der Waals surface area contributed by atoms with E-state index in [0.29, 0.717) is 26.3 Å². The maximum atomic E-state index is 13.3. The van der Waals surface area contributed by atoms with Crippen LogP contribution >= 0.6 is 11.3 Å². The van der Waals surface area contributed by atoms with Crippen molar-refractivity contribution in [2.75, 3.05) is 44.3 Å². The molecule has 142 valence electrons. The van der Waals surface area contributed by atoms with Gasteiger partial charge >= 0.3 is 0 Å². The molecule has 2 saturated heterocycles. The van der Waals surface area contributed by atoms with Gasteiger partial charge in [0.1, 0.15) is 0 Å². The number of amides is 1. The molecule has 2 fully saturated rings.